The average Bonchev–Trinajstić information content (AvgIpc) is 2.74. The molecule has 1 aromatic heterocycles. The Hall–Kier alpha value is -2.17. The zero-order valence-electron chi connectivity index (χ0n) is 8.20. The number of nitrogens with zero attached hydrogens (tertiary/aromatic N) is 4. The highest BCUT2D eigenvalue weighted by atomic mass is 16.4. The third-order valence-corrected chi connectivity index (χ3v) is 2.13. The van der Waals surface area contributed by atoms with E-state index in [0.717, 1.165) is 16.8 Å². The molecule has 15 heavy (non-hydrogen) atoms. The summed E-state index contributed by atoms with van der Waals surface area (Å²) < 4.78 is 1.67. The minimum Gasteiger partial charge on any atom is -0.411 e. The van der Waals surface area contributed by atoms with Crippen LogP contribution in [0.4, 0.5) is 0 Å². The summed E-state index contributed by atoms with van der Waals surface area (Å²) >= 11 is 0. The molecule has 0 aliphatic heterocycles. The van der Waals surface area contributed by atoms with Gasteiger partial charge in [0.1, 0.15) is 12.7 Å². The van der Waals surface area contributed by atoms with Crippen LogP contribution in [0.2, 0.25) is 0 Å². The maximum atomic E-state index is 8.44. The van der Waals surface area contributed by atoms with Crippen molar-refractivity contribution in [1.82, 2.24) is 14.8 Å². The summed E-state index contributed by atoms with van der Waals surface area (Å²) in [5, 5.41) is 15.5. The van der Waals surface area contributed by atoms with Gasteiger partial charge in [-0.05, 0) is 30.2 Å². The maximum Gasteiger partial charge on any atom is 0.138 e. The Morgan fingerprint density at radius 2 is 2.33 bits per heavy atom. The van der Waals surface area contributed by atoms with Crippen LogP contribution in [-0.2, 0) is 0 Å². The van der Waals surface area contributed by atoms with E-state index >= 15 is 0 Å². The first-order valence-corrected chi connectivity index (χ1v) is 4.44. The fourth-order valence-electron chi connectivity index (χ4n) is 1.35. The van der Waals surface area contributed by atoms with Gasteiger partial charge in [0.15, 0.2) is 0 Å². The highest BCUT2D eigenvalue weighted by Gasteiger charge is 2.00. The Morgan fingerprint density at radius 1 is 1.47 bits per heavy atom. The standard InChI is InChI=1S/C10H10N4O/c1-8-4-10(14-7-11-6-12-14)3-2-9(8)5-13-15/h2-7,15H,1H3. The maximum absolute atomic E-state index is 8.44. The van der Waals surface area contributed by atoms with Gasteiger partial charge in [0, 0.05) is 0 Å². The van der Waals surface area contributed by atoms with E-state index < -0.39 is 0 Å². The molecule has 0 atom stereocenters. The zero-order chi connectivity index (χ0) is 10.7. The Labute approximate surface area is 86.7 Å². The summed E-state index contributed by atoms with van der Waals surface area (Å²) in [5.74, 6) is 0. The van der Waals surface area contributed by atoms with Gasteiger partial charge < -0.3 is 5.21 Å². The van der Waals surface area contributed by atoms with Gasteiger partial charge in [0.05, 0.1) is 11.9 Å². The molecule has 2 rings (SSSR count). The van der Waals surface area contributed by atoms with Crippen LogP contribution < -0.4 is 0 Å². The fourth-order valence-corrected chi connectivity index (χ4v) is 1.35. The van der Waals surface area contributed by atoms with Gasteiger partial charge in [-0.3, -0.25) is 0 Å². The molecule has 0 radical (unpaired) electrons. The molecule has 2 aromatic rings. The lowest BCUT2D eigenvalue weighted by Gasteiger charge is -2.03. The number of oxime groups is 1. The van der Waals surface area contributed by atoms with E-state index in [1.54, 1.807) is 11.0 Å². The van der Waals surface area contributed by atoms with E-state index in [9.17, 15) is 0 Å². The van der Waals surface area contributed by atoms with E-state index in [-0.39, 0.29) is 0 Å². The third-order valence-electron chi connectivity index (χ3n) is 2.13. The van der Waals surface area contributed by atoms with Crippen molar-refractivity contribution in [2.24, 2.45) is 5.16 Å². The second-order valence-electron chi connectivity index (χ2n) is 3.13. The number of aryl methyl sites for hydroxylation is 1. The predicted molar refractivity (Wildman–Crippen MR) is 55.5 cm³/mol. The number of hydrogen-bond acceptors (Lipinski definition) is 4. The van der Waals surface area contributed by atoms with Crippen molar-refractivity contribution in [3.8, 4) is 5.69 Å². The van der Waals surface area contributed by atoms with E-state index in [2.05, 4.69) is 15.2 Å². The highest BCUT2D eigenvalue weighted by Crippen LogP contribution is 2.12. The molecule has 5 nitrogen and oxygen atoms in total. The summed E-state index contributed by atoms with van der Waals surface area (Å²) in [6, 6.07) is 5.70. The predicted octanol–water partition coefficient (Wildman–Crippen LogP) is 1.38. The van der Waals surface area contributed by atoms with Crippen LogP contribution in [0, 0.1) is 6.92 Å². The van der Waals surface area contributed by atoms with Crippen molar-refractivity contribution in [3.05, 3.63) is 42.0 Å². The molecule has 0 aliphatic carbocycles. The Kier molecular flexibility index (Phi) is 2.45. The summed E-state index contributed by atoms with van der Waals surface area (Å²) in [4.78, 5) is 3.87. The van der Waals surface area contributed by atoms with Crippen molar-refractivity contribution < 1.29 is 5.21 Å². The summed E-state index contributed by atoms with van der Waals surface area (Å²) in [6.07, 6.45) is 4.52. The van der Waals surface area contributed by atoms with Gasteiger partial charge in [-0.2, -0.15) is 5.10 Å². The molecule has 0 amide bonds. The molecule has 0 spiro atoms. The molecule has 0 bridgehead atoms. The van der Waals surface area contributed by atoms with Gasteiger partial charge in [-0.1, -0.05) is 11.2 Å². The van der Waals surface area contributed by atoms with Crippen molar-refractivity contribution in [1.29, 1.82) is 0 Å². The van der Waals surface area contributed by atoms with Gasteiger partial charge in [-0.25, -0.2) is 9.67 Å². The van der Waals surface area contributed by atoms with Crippen LogP contribution in [0.5, 0.6) is 0 Å². The lowest BCUT2D eigenvalue weighted by atomic mass is 10.1. The van der Waals surface area contributed by atoms with Crippen LogP contribution >= 0.6 is 0 Å². The van der Waals surface area contributed by atoms with Crippen LogP contribution in [0.3, 0.4) is 0 Å². The van der Waals surface area contributed by atoms with Crippen LogP contribution in [0.15, 0.2) is 36.0 Å². The van der Waals surface area contributed by atoms with Crippen molar-refractivity contribution in [2.75, 3.05) is 0 Å². The number of hydrogen-bond donors (Lipinski definition) is 1. The minimum atomic E-state index is 0.876. The van der Waals surface area contributed by atoms with E-state index in [1.165, 1.54) is 12.5 Å². The second kappa shape index (κ2) is 3.91. The highest BCUT2D eigenvalue weighted by molar-refractivity contribution is 5.81. The van der Waals surface area contributed by atoms with Crippen molar-refractivity contribution in [3.63, 3.8) is 0 Å². The lowest BCUT2D eigenvalue weighted by Crippen LogP contribution is -1.96. The molecule has 1 aromatic carbocycles. The first kappa shape index (κ1) is 9.39. The van der Waals surface area contributed by atoms with Crippen LogP contribution in [0.25, 0.3) is 5.69 Å². The van der Waals surface area contributed by atoms with Crippen LogP contribution in [-0.4, -0.2) is 26.2 Å². The molecule has 0 saturated carbocycles. The average molecular weight is 202 g/mol. The topological polar surface area (TPSA) is 63.3 Å². The first-order chi connectivity index (χ1) is 7.31. The molecule has 5 heteroatoms. The molecule has 0 fully saturated rings. The van der Waals surface area contributed by atoms with E-state index in [1.807, 2.05) is 25.1 Å². The SMILES string of the molecule is Cc1cc(-n2cncn2)ccc1C=NO. The zero-order valence-corrected chi connectivity index (χ0v) is 8.20. The Morgan fingerprint density at radius 3 is 2.93 bits per heavy atom. The van der Waals surface area contributed by atoms with Crippen molar-refractivity contribution in [2.45, 2.75) is 6.92 Å². The summed E-state index contributed by atoms with van der Waals surface area (Å²) in [6.45, 7) is 1.94. The lowest BCUT2D eigenvalue weighted by molar-refractivity contribution is 0.322. The quantitative estimate of drug-likeness (QED) is 0.454. The van der Waals surface area contributed by atoms with E-state index in [4.69, 9.17) is 5.21 Å². The third kappa shape index (κ3) is 1.85. The molecule has 1 N–H and O–H groups in total. The van der Waals surface area contributed by atoms with Gasteiger partial charge in [0.25, 0.3) is 0 Å². The fraction of sp³-hybridized carbons (Fsp3) is 0.100. The Bertz CT molecular complexity index is 476. The van der Waals surface area contributed by atoms with Gasteiger partial charge in [-0.15, -0.1) is 0 Å². The number of rotatable bonds is 2. The monoisotopic (exact) mass is 202 g/mol. The largest absolute Gasteiger partial charge is 0.411 e. The van der Waals surface area contributed by atoms with Gasteiger partial charge in [0.2, 0.25) is 0 Å². The van der Waals surface area contributed by atoms with Gasteiger partial charge >= 0.3 is 0 Å². The molecule has 0 aliphatic rings. The minimum absolute atomic E-state index is 0.876. The molecular weight excluding hydrogens is 192 g/mol. The Balaban J connectivity index is 2.42. The molecule has 0 saturated heterocycles. The normalized spacial score (nSPS) is 11.0. The summed E-state index contributed by atoms with van der Waals surface area (Å²) in [5.41, 5.74) is 2.82. The number of aromatic nitrogens is 3. The molecule has 1 heterocycles. The van der Waals surface area contributed by atoms with Crippen molar-refractivity contribution >= 4 is 6.21 Å². The first-order valence-electron chi connectivity index (χ1n) is 4.44. The van der Waals surface area contributed by atoms with E-state index in [0.29, 0.717) is 0 Å². The second-order valence-corrected chi connectivity index (χ2v) is 3.13. The smallest absolute Gasteiger partial charge is 0.138 e. The number of benzene rings is 1. The van der Waals surface area contributed by atoms with Crippen LogP contribution in [0.1, 0.15) is 11.1 Å². The molecule has 76 valence electrons. The molecular formula is C10H10N4O. The summed E-state index contributed by atoms with van der Waals surface area (Å²) in [7, 11) is 0. The molecule has 0 unspecified atom stereocenters.